The molecule has 86 valence electrons. The van der Waals surface area contributed by atoms with E-state index in [-0.39, 0.29) is 0 Å². The van der Waals surface area contributed by atoms with Crippen molar-refractivity contribution in [1.82, 2.24) is 4.90 Å². The van der Waals surface area contributed by atoms with Gasteiger partial charge < -0.3 is 9.84 Å². The Morgan fingerprint density at radius 2 is 1.87 bits per heavy atom. The van der Waals surface area contributed by atoms with E-state index in [4.69, 9.17) is 4.74 Å². The zero-order valence-corrected chi connectivity index (χ0v) is 9.75. The predicted octanol–water partition coefficient (Wildman–Crippen LogP) is 0.873. The maximum absolute atomic E-state index is 9.94. The molecule has 1 N–H and O–H groups in total. The van der Waals surface area contributed by atoms with E-state index < -0.39 is 5.60 Å². The van der Waals surface area contributed by atoms with E-state index >= 15 is 0 Å². The molecule has 1 aliphatic heterocycles. The van der Waals surface area contributed by atoms with Crippen molar-refractivity contribution in [2.75, 3.05) is 32.8 Å². The Labute approximate surface area is 92.4 Å². The Balaban J connectivity index is 2.36. The molecule has 0 saturated carbocycles. The molecular formula is C12H21NO2. The highest BCUT2D eigenvalue weighted by atomic mass is 16.5. The van der Waals surface area contributed by atoms with Gasteiger partial charge in [-0.3, -0.25) is 4.90 Å². The third-order valence-electron chi connectivity index (χ3n) is 2.90. The molecular weight excluding hydrogens is 190 g/mol. The zero-order chi connectivity index (χ0) is 11.1. The second-order valence-electron chi connectivity index (χ2n) is 3.93. The van der Waals surface area contributed by atoms with Gasteiger partial charge in [-0.2, -0.15) is 0 Å². The lowest BCUT2D eigenvalue weighted by molar-refractivity contribution is 0.0441. The molecule has 0 spiro atoms. The lowest BCUT2D eigenvalue weighted by Crippen LogP contribution is -2.36. The van der Waals surface area contributed by atoms with Crippen LogP contribution < -0.4 is 0 Å². The number of nitrogens with zero attached hydrogens (tertiary/aromatic N) is 1. The first kappa shape index (κ1) is 12.5. The van der Waals surface area contributed by atoms with Crippen LogP contribution in [-0.4, -0.2) is 48.5 Å². The van der Waals surface area contributed by atoms with E-state index in [1.807, 2.05) is 13.8 Å². The molecule has 1 aliphatic rings. The van der Waals surface area contributed by atoms with Gasteiger partial charge in [0.15, 0.2) is 0 Å². The minimum absolute atomic E-state index is 0.694. The summed E-state index contributed by atoms with van der Waals surface area (Å²) in [5.74, 6) is 6.03. The van der Waals surface area contributed by atoms with Crippen LogP contribution in [0.4, 0.5) is 0 Å². The molecule has 0 atom stereocenters. The van der Waals surface area contributed by atoms with Gasteiger partial charge in [-0.15, -0.1) is 0 Å². The number of rotatable bonds is 3. The van der Waals surface area contributed by atoms with Crippen LogP contribution in [0.2, 0.25) is 0 Å². The summed E-state index contributed by atoms with van der Waals surface area (Å²) in [5, 5.41) is 9.94. The van der Waals surface area contributed by atoms with Crippen molar-refractivity contribution in [2.24, 2.45) is 0 Å². The predicted molar refractivity (Wildman–Crippen MR) is 60.6 cm³/mol. The third kappa shape index (κ3) is 4.21. The van der Waals surface area contributed by atoms with Crippen molar-refractivity contribution >= 4 is 0 Å². The van der Waals surface area contributed by atoms with Crippen LogP contribution in [-0.2, 0) is 4.74 Å². The van der Waals surface area contributed by atoms with Gasteiger partial charge in [-0.1, -0.05) is 25.7 Å². The van der Waals surface area contributed by atoms with Crippen molar-refractivity contribution in [1.29, 1.82) is 0 Å². The normalized spacial score (nSPS) is 18.3. The molecule has 3 nitrogen and oxygen atoms in total. The van der Waals surface area contributed by atoms with Crippen molar-refractivity contribution in [3.05, 3.63) is 0 Å². The molecule has 15 heavy (non-hydrogen) atoms. The topological polar surface area (TPSA) is 32.7 Å². The Morgan fingerprint density at radius 1 is 1.27 bits per heavy atom. The zero-order valence-electron chi connectivity index (χ0n) is 9.75. The molecule has 0 amide bonds. The van der Waals surface area contributed by atoms with E-state index in [0.29, 0.717) is 12.8 Å². The van der Waals surface area contributed by atoms with E-state index in [1.54, 1.807) is 0 Å². The molecule has 1 fully saturated rings. The fourth-order valence-electron chi connectivity index (χ4n) is 1.50. The van der Waals surface area contributed by atoms with Crippen LogP contribution in [0.1, 0.15) is 26.7 Å². The molecule has 1 saturated heterocycles. The largest absolute Gasteiger partial charge is 0.379 e. The summed E-state index contributed by atoms with van der Waals surface area (Å²) in [6.07, 6.45) is 1.39. The van der Waals surface area contributed by atoms with Crippen LogP contribution in [0, 0.1) is 11.8 Å². The summed E-state index contributed by atoms with van der Waals surface area (Å²) < 4.78 is 5.25. The van der Waals surface area contributed by atoms with Gasteiger partial charge >= 0.3 is 0 Å². The molecule has 0 aromatic rings. The summed E-state index contributed by atoms with van der Waals surface area (Å²) >= 11 is 0. The molecule has 0 aromatic carbocycles. The van der Waals surface area contributed by atoms with Gasteiger partial charge in [0.05, 0.1) is 19.8 Å². The highest BCUT2D eigenvalue weighted by molar-refractivity contribution is 5.14. The molecule has 1 heterocycles. The first-order chi connectivity index (χ1) is 7.20. The van der Waals surface area contributed by atoms with Gasteiger partial charge in [0, 0.05) is 13.1 Å². The van der Waals surface area contributed by atoms with E-state index in [0.717, 1.165) is 32.8 Å². The lowest BCUT2D eigenvalue weighted by atomic mass is 9.98. The monoisotopic (exact) mass is 211 g/mol. The number of morpholine rings is 1. The summed E-state index contributed by atoms with van der Waals surface area (Å²) in [5.41, 5.74) is -0.785. The maximum atomic E-state index is 9.94. The van der Waals surface area contributed by atoms with Gasteiger partial charge in [-0.05, 0) is 12.8 Å². The smallest absolute Gasteiger partial charge is 0.125 e. The fraction of sp³-hybridized carbons (Fsp3) is 0.833. The molecule has 0 aromatic heterocycles. The van der Waals surface area contributed by atoms with Gasteiger partial charge in [0.25, 0.3) is 0 Å². The molecule has 1 rings (SSSR count). The van der Waals surface area contributed by atoms with Crippen LogP contribution in [0.15, 0.2) is 0 Å². The highest BCUT2D eigenvalue weighted by Gasteiger charge is 2.18. The van der Waals surface area contributed by atoms with Crippen molar-refractivity contribution in [3.63, 3.8) is 0 Å². The lowest BCUT2D eigenvalue weighted by Gasteiger charge is -2.24. The SMILES string of the molecule is CCC(O)(C#CCN1CCOCC1)CC. The summed E-state index contributed by atoms with van der Waals surface area (Å²) in [6, 6.07) is 0. The Bertz CT molecular complexity index is 232. The van der Waals surface area contributed by atoms with Crippen molar-refractivity contribution < 1.29 is 9.84 Å². The molecule has 0 bridgehead atoms. The quantitative estimate of drug-likeness (QED) is 0.703. The Morgan fingerprint density at radius 3 is 2.40 bits per heavy atom. The molecule has 0 radical (unpaired) electrons. The molecule has 0 unspecified atom stereocenters. The second-order valence-corrected chi connectivity index (χ2v) is 3.93. The minimum atomic E-state index is -0.785. The summed E-state index contributed by atoms with van der Waals surface area (Å²) in [4.78, 5) is 2.25. The van der Waals surface area contributed by atoms with E-state index in [9.17, 15) is 5.11 Å². The number of ether oxygens (including phenoxy) is 1. The van der Waals surface area contributed by atoms with E-state index in [1.165, 1.54) is 0 Å². The standard InChI is InChI=1S/C12H21NO2/c1-3-12(14,4-2)6-5-7-13-8-10-15-11-9-13/h14H,3-4,7-11H2,1-2H3. The first-order valence-corrected chi connectivity index (χ1v) is 5.72. The Hall–Kier alpha value is -0.560. The first-order valence-electron chi connectivity index (χ1n) is 5.72. The van der Waals surface area contributed by atoms with Crippen LogP contribution >= 0.6 is 0 Å². The fourth-order valence-corrected chi connectivity index (χ4v) is 1.50. The molecule has 0 aliphatic carbocycles. The average molecular weight is 211 g/mol. The highest BCUT2D eigenvalue weighted by Crippen LogP contribution is 2.12. The maximum Gasteiger partial charge on any atom is 0.125 e. The average Bonchev–Trinajstić information content (AvgIpc) is 2.30. The van der Waals surface area contributed by atoms with Crippen LogP contribution in [0.25, 0.3) is 0 Å². The Kier molecular flexibility index (Phi) is 5.10. The van der Waals surface area contributed by atoms with Crippen molar-refractivity contribution in [3.8, 4) is 11.8 Å². The summed E-state index contributed by atoms with van der Waals surface area (Å²) in [7, 11) is 0. The summed E-state index contributed by atoms with van der Waals surface area (Å²) in [6.45, 7) is 8.17. The minimum Gasteiger partial charge on any atom is -0.379 e. The van der Waals surface area contributed by atoms with Crippen molar-refractivity contribution in [2.45, 2.75) is 32.3 Å². The third-order valence-corrected chi connectivity index (χ3v) is 2.90. The van der Waals surface area contributed by atoms with Crippen LogP contribution in [0.3, 0.4) is 0 Å². The van der Waals surface area contributed by atoms with Gasteiger partial charge in [-0.25, -0.2) is 0 Å². The van der Waals surface area contributed by atoms with Gasteiger partial charge in [0.2, 0.25) is 0 Å². The van der Waals surface area contributed by atoms with Crippen LogP contribution in [0.5, 0.6) is 0 Å². The second kappa shape index (κ2) is 6.12. The number of aliphatic hydroxyl groups is 1. The van der Waals surface area contributed by atoms with Gasteiger partial charge in [0.1, 0.15) is 5.60 Å². The number of hydrogen-bond acceptors (Lipinski definition) is 3. The van der Waals surface area contributed by atoms with E-state index in [2.05, 4.69) is 16.7 Å². The number of hydrogen-bond donors (Lipinski definition) is 1. The molecule has 3 heteroatoms.